The standard InChI is InChI=1S/C10H10O3/c1-6-2-7-3-8(5-11)9(12)4-10(7)13-6/h3-6,12H,2H2,1H3. The number of phenols is 1. The number of carbonyl (C=O) groups excluding carboxylic acids is 1. The molecule has 0 fully saturated rings. The van der Waals surface area contributed by atoms with Crippen molar-refractivity contribution < 1.29 is 14.6 Å². The van der Waals surface area contributed by atoms with Crippen molar-refractivity contribution >= 4 is 6.29 Å². The SMILES string of the molecule is CC1Cc2cc(C=O)c(O)cc2O1. The molecule has 2 rings (SSSR count). The van der Waals surface area contributed by atoms with Crippen LogP contribution in [0.2, 0.25) is 0 Å². The van der Waals surface area contributed by atoms with Gasteiger partial charge in [0.25, 0.3) is 0 Å². The van der Waals surface area contributed by atoms with Gasteiger partial charge in [0.2, 0.25) is 0 Å². The minimum Gasteiger partial charge on any atom is -0.507 e. The highest BCUT2D eigenvalue weighted by Gasteiger charge is 2.20. The summed E-state index contributed by atoms with van der Waals surface area (Å²) in [5.41, 5.74) is 1.32. The molecule has 1 N–H and O–H groups in total. The van der Waals surface area contributed by atoms with Gasteiger partial charge in [-0.05, 0) is 18.6 Å². The van der Waals surface area contributed by atoms with E-state index in [1.54, 1.807) is 6.07 Å². The number of rotatable bonds is 1. The van der Waals surface area contributed by atoms with E-state index in [0.29, 0.717) is 17.6 Å². The fourth-order valence-electron chi connectivity index (χ4n) is 1.56. The average molecular weight is 178 g/mol. The van der Waals surface area contributed by atoms with E-state index in [0.717, 1.165) is 12.0 Å². The number of aldehydes is 1. The molecule has 1 aliphatic rings. The fourth-order valence-corrected chi connectivity index (χ4v) is 1.56. The first-order valence-corrected chi connectivity index (χ1v) is 4.18. The van der Waals surface area contributed by atoms with Crippen molar-refractivity contribution in [3.8, 4) is 11.5 Å². The topological polar surface area (TPSA) is 46.5 Å². The molecule has 3 heteroatoms. The lowest BCUT2D eigenvalue weighted by Gasteiger charge is -2.03. The minimum atomic E-state index is -0.0112. The van der Waals surface area contributed by atoms with Crippen LogP contribution >= 0.6 is 0 Å². The van der Waals surface area contributed by atoms with Crippen LogP contribution in [0.3, 0.4) is 0 Å². The molecule has 1 aliphatic heterocycles. The van der Waals surface area contributed by atoms with Gasteiger partial charge in [0.1, 0.15) is 17.6 Å². The van der Waals surface area contributed by atoms with E-state index in [1.807, 2.05) is 6.92 Å². The van der Waals surface area contributed by atoms with Crippen LogP contribution in [0.25, 0.3) is 0 Å². The van der Waals surface area contributed by atoms with Crippen LogP contribution in [0.15, 0.2) is 12.1 Å². The molecule has 1 atom stereocenters. The zero-order valence-electron chi connectivity index (χ0n) is 7.28. The Bertz CT molecular complexity index is 357. The number of benzene rings is 1. The zero-order valence-corrected chi connectivity index (χ0v) is 7.28. The molecule has 68 valence electrons. The van der Waals surface area contributed by atoms with Gasteiger partial charge in [-0.3, -0.25) is 4.79 Å². The van der Waals surface area contributed by atoms with Gasteiger partial charge in [-0.2, -0.15) is 0 Å². The van der Waals surface area contributed by atoms with E-state index in [9.17, 15) is 9.90 Å². The van der Waals surface area contributed by atoms with Crippen LogP contribution in [0.1, 0.15) is 22.8 Å². The summed E-state index contributed by atoms with van der Waals surface area (Å²) >= 11 is 0. The molecule has 1 aromatic carbocycles. The monoisotopic (exact) mass is 178 g/mol. The molecular formula is C10H10O3. The maximum absolute atomic E-state index is 10.5. The number of hydrogen-bond acceptors (Lipinski definition) is 3. The predicted molar refractivity (Wildman–Crippen MR) is 47.3 cm³/mol. The van der Waals surface area contributed by atoms with Crippen LogP contribution in [-0.4, -0.2) is 17.5 Å². The Labute approximate surface area is 76.0 Å². The smallest absolute Gasteiger partial charge is 0.153 e. The number of carbonyl (C=O) groups is 1. The third kappa shape index (κ3) is 1.26. The average Bonchev–Trinajstić information content (AvgIpc) is 2.42. The number of hydrogen-bond donors (Lipinski definition) is 1. The molecule has 0 bridgehead atoms. The zero-order chi connectivity index (χ0) is 9.42. The highest BCUT2D eigenvalue weighted by atomic mass is 16.5. The second-order valence-corrected chi connectivity index (χ2v) is 3.27. The Morgan fingerprint density at radius 3 is 3.08 bits per heavy atom. The van der Waals surface area contributed by atoms with Crippen molar-refractivity contribution in [1.82, 2.24) is 0 Å². The number of phenolic OH excluding ortho intramolecular Hbond substituents is 1. The Hall–Kier alpha value is -1.51. The molecule has 1 aromatic rings. The van der Waals surface area contributed by atoms with Gasteiger partial charge in [-0.15, -0.1) is 0 Å². The van der Waals surface area contributed by atoms with Gasteiger partial charge < -0.3 is 9.84 Å². The second-order valence-electron chi connectivity index (χ2n) is 3.27. The second kappa shape index (κ2) is 2.76. The van der Waals surface area contributed by atoms with Crippen molar-refractivity contribution in [2.45, 2.75) is 19.4 Å². The van der Waals surface area contributed by atoms with Crippen molar-refractivity contribution in [2.24, 2.45) is 0 Å². The third-order valence-corrected chi connectivity index (χ3v) is 2.17. The lowest BCUT2D eigenvalue weighted by molar-refractivity contribution is 0.112. The summed E-state index contributed by atoms with van der Waals surface area (Å²) in [6.45, 7) is 1.96. The highest BCUT2D eigenvalue weighted by molar-refractivity contribution is 5.80. The van der Waals surface area contributed by atoms with Crippen LogP contribution < -0.4 is 4.74 Å². The summed E-state index contributed by atoms with van der Waals surface area (Å²) in [5, 5.41) is 9.35. The Kier molecular flexibility index (Phi) is 1.72. The van der Waals surface area contributed by atoms with Gasteiger partial charge in [-0.25, -0.2) is 0 Å². The van der Waals surface area contributed by atoms with Crippen LogP contribution in [0.5, 0.6) is 11.5 Å². The van der Waals surface area contributed by atoms with E-state index < -0.39 is 0 Å². The first kappa shape index (κ1) is 8.10. The van der Waals surface area contributed by atoms with E-state index >= 15 is 0 Å². The summed E-state index contributed by atoms with van der Waals surface area (Å²) in [4.78, 5) is 10.5. The first-order chi connectivity index (χ1) is 6.20. The summed E-state index contributed by atoms with van der Waals surface area (Å²) in [6, 6.07) is 3.18. The van der Waals surface area contributed by atoms with E-state index in [-0.39, 0.29) is 11.9 Å². The predicted octanol–water partition coefficient (Wildman–Crippen LogP) is 1.53. The minimum absolute atomic E-state index is 0.0112. The number of aromatic hydroxyl groups is 1. The molecule has 3 nitrogen and oxygen atoms in total. The number of ether oxygens (including phenoxy) is 1. The fraction of sp³-hybridized carbons (Fsp3) is 0.300. The van der Waals surface area contributed by atoms with Crippen LogP contribution in [0.4, 0.5) is 0 Å². The first-order valence-electron chi connectivity index (χ1n) is 4.18. The van der Waals surface area contributed by atoms with E-state index in [4.69, 9.17) is 4.74 Å². The van der Waals surface area contributed by atoms with Crippen molar-refractivity contribution in [1.29, 1.82) is 0 Å². The molecule has 0 radical (unpaired) electrons. The molecule has 1 heterocycles. The van der Waals surface area contributed by atoms with Crippen molar-refractivity contribution in [3.63, 3.8) is 0 Å². The lowest BCUT2D eigenvalue weighted by Crippen LogP contribution is -2.05. The summed E-state index contributed by atoms with van der Waals surface area (Å²) in [5.74, 6) is 0.679. The quantitative estimate of drug-likeness (QED) is 0.663. The lowest BCUT2D eigenvalue weighted by atomic mass is 10.1. The normalized spacial score (nSPS) is 19.3. The molecule has 1 unspecified atom stereocenters. The molecule has 0 amide bonds. The van der Waals surface area contributed by atoms with E-state index in [1.165, 1.54) is 6.07 Å². The van der Waals surface area contributed by atoms with Gasteiger partial charge >= 0.3 is 0 Å². The number of fused-ring (bicyclic) bond motifs is 1. The molecule has 13 heavy (non-hydrogen) atoms. The summed E-state index contributed by atoms with van der Waals surface area (Å²) in [6.07, 6.45) is 1.59. The summed E-state index contributed by atoms with van der Waals surface area (Å²) in [7, 11) is 0. The molecule has 0 saturated carbocycles. The third-order valence-electron chi connectivity index (χ3n) is 2.17. The summed E-state index contributed by atoms with van der Waals surface area (Å²) < 4.78 is 5.41. The Morgan fingerprint density at radius 1 is 1.62 bits per heavy atom. The maximum atomic E-state index is 10.5. The Morgan fingerprint density at radius 2 is 2.38 bits per heavy atom. The van der Waals surface area contributed by atoms with Crippen LogP contribution in [0, 0.1) is 0 Å². The molecule has 0 saturated heterocycles. The van der Waals surface area contributed by atoms with Gasteiger partial charge in [0.05, 0.1) is 5.56 Å². The van der Waals surface area contributed by atoms with Gasteiger partial charge in [0.15, 0.2) is 6.29 Å². The molecular weight excluding hydrogens is 168 g/mol. The van der Waals surface area contributed by atoms with Crippen molar-refractivity contribution in [2.75, 3.05) is 0 Å². The van der Waals surface area contributed by atoms with Gasteiger partial charge in [-0.1, -0.05) is 0 Å². The van der Waals surface area contributed by atoms with E-state index in [2.05, 4.69) is 0 Å². The van der Waals surface area contributed by atoms with Gasteiger partial charge in [0, 0.05) is 12.5 Å². The molecule has 0 spiro atoms. The van der Waals surface area contributed by atoms with Crippen molar-refractivity contribution in [3.05, 3.63) is 23.3 Å². The highest BCUT2D eigenvalue weighted by Crippen LogP contribution is 2.33. The maximum Gasteiger partial charge on any atom is 0.153 e. The molecule has 0 aromatic heterocycles. The Balaban J connectivity index is 2.50. The van der Waals surface area contributed by atoms with Crippen LogP contribution in [-0.2, 0) is 6.42 Å². The molecule has 0 aliphatic carbocycles. The largest absolute Gasteiger partial charge is 0.507 e.